The Bertz CT molecular complexity index is 1040. The number of hydrogen-bond acceptors (Lipinski definition) is 3. The van der Waals surface area contributed by atoms with Gasteiger partial charge in [0.15, 0.2) is 0 Å². The summed E-state index contributed by atoms with van der Waals surface area (Å²) in [5.74, 6) is 6.91. The molecule has 2 saturated heterocycles. The first-order valence-corrected chi connectivity index (χ1v) is 10.8. The third kappa shape index (κ3) is 3.89. The van der Waals surface area contributed by atoms with Gasteiger partial charge in [0.05, 0.1) is 18.7 Å². The Morgan fingerprint density at radius 3 is 2.52 bits per heavy atom. The molecule has 3 aliphatic rings. The number of amides is 3. The number of benzene rings is 2. The number of carbonyl (C=O) groups excluding carboxylic acids is 2. The minimum absolute atomic E-state index is 0.00767. The molecule has 2 N–H and O–H groups in total. The van der Waals surface area contributed by atoms with E-state index in [1.807, 2.05) is 54.6 Å². The van der Waals surface area contributed by atoms with E-state index in [0.717, 1.165) is 11.1 Å². The lowest BCUT2D eigenvalue weighted by molar-refractivity contribution is -0.159. The second-order valence-electron chi connectivity index (χ2n) is 8.49. The lowest BCUT2D eigenvalue weighted by Crippen LogP contribution is -2.73. The average molecular weight is 415 g/mol. The molecule has 0 unspecified atom stereocenters. The zero-order valence-electron chi connectivity index (χ0n) is 17.2. The predicted molar refractivity (Wildman–Crippen MR) is 117 cm³/mol. The highest BCUT2D eigenvalue weighted by Gasteiger charge is 2.54. The topological polar surface area (TPSA) is 72.9 Å². The van der Waals surface area contributed by atoms with Crippen LogP contribution in [0.25, 0.3) is 0 Å². The number of para-hydroxylation sites is 1. The van der Waals surface area contributed by atoms with Gasteiger partial charge in [-0.25, -0.2) is 4.79 Å². The molecule has 0 bridgehead atoms. The van der Waals surface area contributed by atoms with Crippen molar-refractivity contribution in [2.45, 2.75) is 30.8 Å². The summed E-state index contributed by atoms with van der Waals surface area (Å²) in [4.78, 5) is 28.8. The van der Waals surface area contributed by atoms with Crippen molar-refractivity contribution in [2.24, 2.45) is 5.92 Å². The molecule has 2 aromatic carbocycles. The summed E-state index contributed by atoms with van der Waals surface area (Å²) in [7, 11) is 0. The van der Waals surface area contributed by atoms with Crippen LogP contribution in [0, 0.1) is 17.8 Å². The van der Waals surface area contributed by atoms with Crippen molar-refractivity contribution >= 4 is 17.6 Å². The molecule has 2 heterocycles. The smallest absolute Gasteiger partial charge is 0.322 e. The number of carbonyl (C=O) groups is 2. The number of rotatable bonds is 3. The third-order valence-corrected chi connectivity index (χ3v) is 6.36. The van der Waals surface area contributed by atoms with Crippen molar-refractivity contribution in [1.29, 1.82) is 0 Å². The maximum Gasteiger partial charge on any atom is 0.322 e. The normalized spacial score (nSPS) is 24.5. The fraction of sp³-hybridized carbons (Fsp3) is 0.360. The first-order chi connectivity index (χ1) is 15.1. The highest BCUT2D eigenvalue weighted by molar-refractivity contribution is 5.93. The first kappa shape index (κ1) is 19.7. The van der Waals surface area contributed by atoms with E-state index in [4.69, 9.17) is 0 Å². The van der Waals surface area contributed by atoms with Gasteiger partial charge in [-0.15, -0.1) is 0 Å². The predicted octanol–water partition coefficient (Wildman–Crippen LogP) is 2.65. The third-order valence-electron chi connectivity index (χ3n) is 6.36. The van der Waals surface area contributed by atoms with Gasteiger partial charge in [0, 0.05) is 29.6 Å². The molecule has 0 spiro atoms. The lowest BCUT2D eigenvalue weighted by Gasteiger charge is -2.58. The first-order valence-electron chi connectivity index (χ1n) is 10.8. The fourth-order valence-corrected chi connectivity index (χ4v) is 4.58. The number of anilines is 1. The molecule has 2 aliphatic heterocycles. The Morgan fingerprint density at radius 2 is 1.84 bits per heavy atom. The second-order valence-corrected chi connectivity index (χ2v) is 8.49. The van der Waals surface area contributed by atoms with E-state index < -0.39 is 0 Å². The number of nitrogens with one attached hydrogen (secondary N) is 1. The standard InChI is InChI=1S/C25H25N3O3/c29-16-22-24(19-12-10-18(11-13-19)9-8-17-6-7-17)21-14-27(15-23(30)28(21)22)25(31)26-20-4-2-1-3-5-20/h1-5,10-13,17,21-22,24,29H,6-7,14-16H2,(H,26,31)/t21-,22-,24-/m0/s1. The molecule has 5 rings (SSSR count). The number of piperazine rings is 1. The lowest BCUT2D eigenvalue weighted by atomic mass is 9.73. The molecule has 0 radical (unpaired) electrons. The summed E-state index contributed by atoms with van der Waals surface area (Å²) in [6, 6.07) is 16.6. The number of aliphatic hydroxyl groups is 1. The van der Waals surface area contributed by atoms with Crippen LogP contribution in [0.3, 0.4) is 0 Å². The van der Waals surface area contributed by atoms with Crippen LogP contribution >= 0.6 is 0 Å². The van der Waals surface area contributed by atoms with Crippen LogP contribution in [-0.4, -0.2) is 58.6 Å². The quantitative estimate of drug-likeness (QED) is 0.757. The Kier molecular flexibility index (Phi) is 5.13. The number of urea groups is 1. The summed E-state index contributed by atoms with van der Waals surface area (Å²) in [6.45, 7) is 0.370. The van der Waals surface area contributed by atoms with Gasteiger partial charge < -0.3 is 20.2 Å². The molecule has 6 heteroatoms. The summed E-state index contributed by atoms with van der Waals surface area (Å²) in [5.41, 5.74) is 2.75. The van der Waals surface area contributed by atoms with Crippen molar-refractivity contribution in [1.82, 2.24) is 9.80 Å². The highest BCUT2D eigenvalue weighted by Crippen LogP contribution is 2.43. The van der Waals surface area contributed by atoms with Crippen LogP contribution in [0.5, 0.6) is 0 Å². The van der Waals surface area contributed by atoms with Crippen LogP contribution < -0.4 is 5.32 Å². The molecule has 1 aliphatic carbocycles. The van der Waals surface area contributed by atoms with Crippen molar-refractivity contribution in [2.75, 3.05) is 25.0 Å². The minimum atomic E-state index is -0.281. The Labute approximate surface area is 181 Å². The highest BCUT2D eigenvalue weighted by atomic mass is 16.3. The van der Waals surface area contributed by atoms with Gasteiger partial charge in [-0.05, 0) is 42.7 Å². The number of hydrogen-bond donors (Lipinski definition) is 2. The van der Waals surface area contributed by atoms with Crippen molar-refractivity contribution in [3.8, 4) is 11.8 Å². The van der Waals surface area contributed by atoms with Gasteiger partial charge in [-0.1, -0.05) is 42.2 Å². The van der Waals surface area contributed by atoms with Crippen molar-refractivity contribution < 1.29 is 14.7 Å². The Morgan fingerprint density at radius 1 is 1.10 bits per heavy atom. The molecule has 3 amide bonds. The van der Waals surface area contributed by atoms with Crippen molar-refractivity contribution in [3.05, 3.63) is 65.7 Å². The van der Waals surface area contributed by atoms with Crippen LogP contribution in [-0.2, 0) is 4.79 Å². The zero-order chi connectivity index (χ0) is 21.4. The summed E-state index contributed by atoms with van der Waals surface area (Å²) < 4.78 is 0. The van der Waals surface area contributed by atoms with Gasteiger partial charge in [0.2, 0.25) is 5.91 Å². The molecule has 3 atom stereocenters. The van der Waals surface area contributed by atoms with Crippen LogP contribution in [0.1, 0.15) is 29.9 Å². The largest absolute Gasteiger partial charge is 0.394 e. The molecule has 3 fully saturated rings. The fourth-order valence-electron chi connectivity index (χ4n) is 4.58. The maximum absolute atomic E-state index is 12.8. The molecule has 6 nitrogen and oxygen atoms in total. The van der Waals surface area contributed by atoms with Gasteiger partial charge in [0.25, 0.3) is 0 Å². The van der Waals surface area contributed by atoms with Gasteiger partial charge in [-0.3, -0.25) is 4.79 Å². The average Bonchev–Trinajstić information content (AvgIpc) is 3.60. The zero-order valence-corrected chi connectivity index (χ0v) is 17.2. The van der Waals surface area contributed by atoms with Crippen molar-refractivity contribution in [3.63, 3.8) is 0 Å². The maximum atomic E-state index is 12.8. The van der Waals surface area contributed by atoms with Gasteiger partial charge >= 0.3 is 6.03 Å². The number of nitrogens with zero attached hydrogens (tertiary/aromatic N) is 2. The molecule has 1 saturated carbocycles. The molecule has 158 valence electrons. The molecule has 2 aromatic rings. The van der Waals surface area contributed by atoms with Crippen LogP contribution in [0.4, 0.5) is 10.5 Å². The van der Waals surface area contributed by atoms with E-state index in [2.05, 4.69) is 17.2 Å². The van der Waals surface area contributed by atoms with E-state index in [9.17, 15) is 14.7 Å². The molecular formula is C25H25N3O3. The summed E-state index contributed by atoms with van der Waals surface area (Å²) >= 11 is 0. The molecule has 0 aromatic heterocycles. The molecule has 31 heavy (non-hydrogen) atoms. The van der Waals surface area contributed by atoms with Gasteiger partial charge in [-0.2, -0.15) is 0 Å². The van der Waals surface area contributed by atoms with E-state index >= 15 is 0 Å². The van der Waals surface area contributed by atoms with E-state index in [-0.39, 0.29) is 43.1 Å². The Hall–Kier alpha value is -3.30. The van der Waals surface area contributed by atoms with Crippen LogP contribution in [0.15, 0.2) is 54.6 Å². The van der Waals surface area contributed by atoms with Gasteiger partial charge in [0.1, 0.15) is 6.54 Å². The second kappa shape index (κ2) is 8.09. The summed E-state index contributed by atoms with van der Waals surface area (Å²) in [6.07, 6.45) is 2.40. The Balaban J connectivity index is 1.31. The van der Waals surface area contributed by atoms with E-state index in [1.165, 1.54) is 12.8 Å². The minimum Gasteiger partial charge on any atom is -0.394 e. The molecular weight excluding hydrogens is 390 g/mol. The monoisotopic (exact) mass is 415 g/mol. The van der Waals surface area contributed by atoms with E-state index in [1.54, 1.807) is 9.80 Å². The SMILES string of the molecule is O=C(Nc1ccccc1)N1CC(=O)N2[C@@H](CO)[C@@H](c3ccc(C#CC4CC4)cc3)[C@@H]2C1. The number of fused-ring (bicyclic) bond motifs is 1. The van der Waals surface area contributed by atoms with E-state index in [0.29, 0.717) is 18.2 Å². The van der Waals surface area contributed by atoms with Crippen LogP contribution in [0.2, 0.25) is 0 Å². The number of aliphatic hydroxyl groups excluding tert-OH is 1. The summed E-state index contributed by atoms with van der Waals surface area (Å²) in [5, 5.41) is 12.8.